The van der Waals surface area contributed by atoms with Crippen LogP contribution in [0.5, 0.6) is 5.75 Å². The monoisotopic (exact) mass is 290 g/mol. The Kier molecular flexibility index (Phi) is 5.87. The van der Waals surface area contributed by atoms with E-state index in [4.69, 9.17) is 0 Å². The number of halogens is 3. The van der Waals surface area contributed by atoms with Gasteiger partial charge in [-0.1, -0.05) is 38.3 Å². The van der Waals surface area contributed by atoms with Crippen LogP contribution < -0.4 is 4.74 Å². The molecule has 0 saturated carbocycles. The minimum Gasteiger partial charge on any atom is -0.406 e. The summed E-state index contributed by atoms with van der Waals surface area (Å²) in [5.74, 6) is -0.244. The highest BCUT2D eigenvalue weighted by Crippen LogP contribution is 2.25. The minimum atomic E-state index is -4.67. The van der Waals surface area contributed by atoms with Crippen LogP contribution in [0.1, 0.15) is 45.1 Å². The second-order valence-electron chi connectivity index (χ2n) is 5.32. The van der Waals surface area contributed by atoms with Crippen LogP contribution in [0.4, 0.5) is 13.2 Å². The van der Waals surface area contributed by atoms with E-state index in [2.05, 4.69) is 11.7 Å². The van der Waals surface area contributed by atoms with Gasteiger partial charge in [-0.2, -0.15) is 0 Å². The lowest BCUT2D eigenvalue weighted by Crippen LogP contribution is -2.27. The predicted molar refractivity (Wildman–Crippen MR) is 71.6 cm³/mol. The molecule has 0 amide bonds. The summed E-state index contributed by atoms with van der Waals surface area (Å²) >= 11 is 0. The highest BCUT2D eigenvalue weighted by atomic mass is 19.4. The molecule has 0 aliphatic heterocycles. The van der Waals surface area contributed by atoms with E-state index >= 15 is 0 Å². The van der Waals surface area contributed by atoms with Gasteiger partial charge in [0.25, 0.3) is 0 Å². The predicted octanol–water partition coefficient (Wildman–Crippen LogP) is 4.46. The van der Waals surface area contributed by atoms with Crippen LogP contribution in [0, 0.1) is 0 Å². The number of benzene rings is 1. The average Bonchev–Trinajstić information content (AvgIpc) is 2.30. The Morgan fingerprint density at radius 3 is 2.20 bits per heavy atom. The van der Waals surface area contributed by atoms with Gasteiger partial charge in [0.05, 0.1) is 5.60 Å². The van der Waals surface area contributed by atoms with Crippen LogP contribution in [0.15, 0.2) is 24.3 Å². The molecule has 114 valence electrons. The first-order valence-electron chi connectivity index (χ1n) is 6.79. The molecule has 0 aliphatic carbocycles. The van der Waals surface area contributed by atoms with Crippen LogP contribution in [0.25, 0.3) is 0 Å². The lowest BCUT2D eigenvalue weighted by molar-refractivity contribution is -0.274. The Morgan fingerprint density at radius 1 is 1.10 bits per heavy atom. The molecule has 1 rings (SSSR count). The van der Waals surface area contributed by atoms with E-state index in [0.717, 1.165) is 24.8 Å². The lowest BCUT2D eigenvalue weighted by atomic mass is 9.91. The van der Waals surface area contributed by atoms with E-state index in [1.165, 1.54) is 12.1 Å². The molecule has 1 aromatic rings. The fourth-order valence-corrected chi connectivity index (χ4v) is 2.09. The second kappa shape index (κ2) is 6.97. The zero-order valence-corrected chi connectivity index (χ0v) is 11.8. The van der Waals surface area contributed by atoms with Crippen LogP contribution in [0.2, 0.25) is 0 Å². The van der Waals surface area contributed by atoms with Gasteiger partial charge in [0, 0.05) is 6.42 Å². The summed E-state index contributed by atoms with van der Waals surface area (Å²) in [5.41, 5.74) is -0.0392. The fourth-order valence-electron chi connectivity index (χ4n) is 2.09. The molecule has 1 aromatic carbocycles. The van der Waals surface area contributed by atoms with Gasteiger partial charge in [0.1, 0.15) is 5.75 Å². The average molecular weight is 290 g/mol. The normalized spacial score (nSPS) is 14.9. The Labute approximate surface area is 117 Å². The van der Waals surface area contributed by atoms with Crippen molar-refractivity contribution in [3.63, 3.8) is 0 Å². The zero-order valence-electron chi connectivity index (χ0n) is 11.8. The van der Waals surface area contributed by atoms with Gasteiger partial charge in [-0.3, -0.25) is 0 Å². The van der Waals surface area contributed by atoms with Crippen LogP contribution in [0.3, 0.4) is 0 Å². The van der Waals surface area contributed by atoms with Gasteiger partial charge in [-0.25, -0.2) is 0 Å². The molecule has 1 N–H and O–H groups in total. The third-order valence-corrected chi connectivity index (χ3v) is 3.06. The van der Waals surface area contributed by atoms with Crippen LogP contribution >= 0.6 is 0 Å². The van der Waals surface area contributed by atoms with E-state index < -0.39 is 12.0 Å². The van der Waals surface area contributed by atoms with E-state index in [1.54, 1.807) is 19.1 Å². The Bertz CT molecular complexity index is 397. The van der Waals surface area contributed by atoms with Crippen molar-refractivity contribution < 1.29 is 23.0 Å². The molecule has 0 heterocycles. The summed E-state index contributed by atoms with van der Waals surface area (Å²) in [6, 6.07) is 5.64. The van der Waals surface area contributed by atoms with Gasteiger partial charge in [-0.05, 0) is 31.0 Å². The summed E-state index contributed by atoms with van der Waals surface area (Å²) in [6.07, 6.45) is -0.481. The van der Waals surface area contributed by atoms with Crippen molar-refractivity contribution in [3.8, 4) is 5.75 Å². The van der Waals surface area contributed by atoms with Crippen LogP contribution in [-0.4, -0.2) is 17.1 Å². The highest BCUT2D eigenvalue weighted by Gasteiger charge is 2.31. The number of unbranched alkanes of at least 4 members (excludes halogenated alkanes) is 2. The number of hydrogen-bond donors (Lipinski definition) is 1. The van der Waals surface area contributed by atoms with Crippen LogP contribution in [-0.2, 0) is 6.42 Å². The molecule has 0 saturated heterocycles. The van der Waals surface area contributed by atoms with Crippen molar-refractivity contribution in [3.05, 3.63) is 29.8 Å². The van der Waals surface area contributed by atoms with Gasteiger partial charge >= 0.3 is 6.36 Å². The smallest absolute Gasteiger partial charge is 0.406 e. The highest BCUT2D eigenvalue weighted by molar-refractivity contribution is 5.28. The van der Waals surface area contributed by atoms with E-state index in [-0.39, 0.29) is 5.75 Å². The third kappa shape index (κ3) is 6.80. The molecule has 0 aliphatic rings. The van der Waals surface area contributed by atoms with Crippen molar-refractivity contribution in [2.45, 2.75) is 57.9 Å². The second-order valence-corrected chi connectivity index (χ2v) is 5.32. The molecule has 5 heteroatoms. The zero-order chi connectivity index (χ0) is 15.2. The number of rotatable bonds is 7. The Hall–Kier alpha value is -1.23. The van der Waals surface area contributed by atoms with E-state index in [1.807, 2.05) is 0 Å². The van der Waals surface area contributed by atoms with Crippen molar-refractivity contribution in [2.24, 2.45) is 0 Å². The Balaban J connectivity index is 2.56. The maximum Gasteiger partial charge on any atom is 0.573 e. The molecule has 0 fully saturated rings. The van der Waals surface area contributed by atoms with Gasteiger partial charge < -0.3 is 9.84 Å². The van der Waals surface area contributed by atoms with Crippen molar-refractivity contribution in [1.29, 1.82) is 0 Å². The molecule has 2 nitrogen and oxygen atoms in total. The summed E-state index contributed by atoms with van der Waals surface area (Å²) in [7, 11) is 0. The van der Waals surface area contributed by atoms with Gasteiger partial charge in [0.2, 0.25) is 0 Å². The first-order valence-corrected chi connectivity index (χ1v) is 6.79. The van der Waals surface area contributed by atoms with E-state index in [9.17, 15) is 18.3 Å². The third-order valence-electron chi connectivity index (χ3n) is 3.06. The fraction of sp³-hybridized carbons (Fsp3) is 0.600. The molecule has 1 atom stereocenters. The summed E-state index contributed by atoms with van der Waals surface area (Å²) < 4.78 is 39.9. The maximum atomic E-state index is 12.0. The summed E-state index contributed by atoms with van der Waals surface area (Å²) in [4.78, 5) is 0. The summed E-state index contributed by atoms with van der Waals surface area (Å²) in [6.45, 7) is 3.84. The molecular formula is C15H21F3O2. The molecule has 0 spiro atoms. The number of ether oxygens (including phenoxy) is 1. The standard InChI is InChI=1S/C15H21F3O2/c1-3-4-5-10-14(2,19)11-12-6-8-13(9-7-12)20-15(16,17)18/h6-9,19H,3-5,10-11H2,1-2H3. The quantitative estimate of drug-likeness (QED) is 0.751. The lowest BCUT2D eigenvalue weighted by Gasteiger charge is -2.23. The molecule has 0 aromatic heterocycles. The van der Waals surface area contributed by atoms with Crippen molar-refractivity contribution in [1.82, 2.24) is 0 Å². The number of hydrogen-bond acceptors (Lipinski definition) is 2. The number of aliphatic hydroxyl groups is 1. The topological polar surface area (TPSA) is 29.5 Å². The Morgan fingerprint density at radius 2 is 1.70 bits per heavy atom. The minimum absolute atomic E-state index is 0.244. The first-order chi connectivity index (χ1) is 9.22. The molecule has 0 radical (unpaired) electrons. The maximum absolute atomic E-state index is 12.0. The van der Waals surface area contributed by atoms with Gasteiger partial charge in [0.15, 0.2) is 0 Å². The first kappa shape index (κ1) is 16.8. The SMILES string of the molecule is CCCCCC(C)(O)Cc1ccc(OC(F)(F)F)cc1. The number of alkyl halides is 3. The van der Waals surface area contributed by atoms with Crippen molar-refractivity contribution in [2.75, 3.05) is 0 Å². The van der Waals surface area contributed by atoms with E-state index in [0.29, 0.717) is 12.8 Å². The molecular weight excluding hydrogens is 269 g/mol. The van der Waals surface area contributed by atoms with Crippen molar-refractivity contribution >= 4 is 0 Å². The molecule has 0 bridgehead atoms. The molecule has 20 heavy (non-hydrogen) atoms. The van der Waals surface area contributed by atoms with Gasteiger partial charge in [-0.15, -0.1) is 13.2 Å². The molecule has 1 unspecified atom stereocenters. The largest absolute Gasteiger partial charge is 0.573 e. The summed E-state index contributed by atoms with van der Waals surface area (Å²) in [5, 5.41) is 10.2.